The number of hydrogen-bond donors (Lipinski definition) is 2. The number of benzene rings is 2. The summed E-state index contributed by atoms with van der Waals surface area (Å²) in [6.45, 7) is 3.76. The van der Waals surface area contributed by atoms with E-state index in [1.165, 1.54) is 24.3 Å². The lowest BCUT2D eigenvalue weighted by Crippen LogP contribution is -2.13. The Bertz CT molecular complexity index is 743. The van der Waals surface area contributed by atoms with Crippen molar-refractivity contribution >= 4 is 15.7 Å². The highest BCUT2D eigenvalue weighted by atomic mass is 32.2. The predicted molar refractivity (Wildman–Crippen MR) is 81.0 cm³/mol. The molecule has 6 heteroatoms. The molecule has 0 radical (unpaired) electrons. The lowest BCUT2D eigenvalue weighted by Gasteiger charge is -2.17. The molecule has 0 saturated carbocycles. The maximum atomic E-state index is 13.1. The third kappa shape index (κ3) is 3.80. The topological polar surface area (TPSA) is 72.2 Å². The molecule has 2 aromatic carbocycles. The lowest BCUT2D eigenvalue weighted by molar-refractivity contribution is 0.597. The van der Waals surface area contributed by atoms with E-state index in [0.717, 1.165) is 16.8 Å². The quantitative estimate of drug-likeness (QED) is 0.912. The van der Waals surface area contributed by atoms with Crippen LogP contribution in [0.1, 0.15) is 24.1 Å². The summed E-state index contributed by atoms with van der Waals surface area (Å²) in [6.07, 6.45) is 0. The molecule has 0 aromatic heterocycles. The molecule has 0 saturated heterocycles. The van der Waals surface area contributed by atoms with Crippen molar-refractivity contribution in [3.8, 4) is 0 Å². The molecule has 0 spiro atoms. The van der Waals surface area contributed by atoms with Crippen LogP contribution in [0.4, 0.5) is 10.1 Å². The van der Waals surface area contributed by atoms with Crippen molar-refractivity contribution in [2.45, 2.75) is 24.8 Å². The van der Waals surface area contributed by atoms with Gasteiger partial charge in [-0.2, -0.15) is 0 Å². The number of nitrogens with one attached hydrogen (secondary N) is 1. The fraction of sp³-hybridized carbons (Fsp3) is 0.200. The zero-order valence-electron chi connectivity index (χ0n) is 11.8. The highest BCUT2D eigenvalue weighted by molar-refractivity contribution is 7.89. The van der Waals surface area contributed by atoms with E-state index in [1.54, 1.807) is 18.2 Å². The fourth-order valence-electron chi connectivity index (χ4n) is 2.05. The summed E-state index contributed by atoms with van der Waals surface area (Å²) in [6, 6.07) is 10.8. The molecule has 0 fully saturated rings. The van der Waals surface area contributed by atoms with Gasteiger partial charge in [0.25, 0.3) is 0 Å². The standard InChI is InChI=1S/C15H17FN2O2S/c1-10-9-13(16)5-8-15(10)18-11(2)12-3-6-14(7-4-12)21(17,19)20/h3-9,11,18H,1-2H3,(H2,17,19,20). The lowest BCUT2D eigenvalue weighted by atomic mass is 10.1. The van der Waals surface area contributed by atoms with E-state index in [0.29, 0.717) is 0 Å². The van der Waals surface area contributed by atoms with Gasteiger partial charge in [-0.3, -0.25) is 0 Å². The van der Waals surface area contributed by atoms with Gasteiger partial charge in [0.1, 0.15) is 5.82 Å². The molecule has 21 heavy (non-hydrogen) atoms. The Morgan fingerprint density at radius 1 is 1.14 bits per heavy atom. The first-order chi connectivity index (χ1) is 9.77. The van der Waals surface area contributed by atoms with Crippen LogP contribution >= 0.6 is 0 Å². The number of aryl methyl sites for hydroxylation is 1. The first-order valence-corrected chi connectivity index (χ1v) is 7.97. The molecule has 0 heterocycles. The Hall–Kier alpha value is -1.92. The second-order valence-corrected chi connectivity index (χ2v) is 6.50. The molecule has 0 aliphatic rings. The van der Waals surface area contributed by atoms with Crippen molar-refractivity contribution in [3.63, 3.8) is 0 Å². The number of anilines is 1. The summed E-state index contributed by atoms with van der Waals surface area (Å²) in [5.41, 5.74) is 2.55. The van der Waals surface area contributed by atoms with Gasteiger partial charge in [-0.1, -0.05) is 12.1 Å². The first-order valence-electron chi connectivity index (χ1n) is 6.43. The second-order valence-electron chi connectivity index (χ2n) is 4.94. The molecule has 112 valence electrons. The largest absolute Gasteiger partial charge is 0.378 e. The van der Waals surface area contributed by atoms with Gasteiger partial charge in [0.15, 0.2) is 0 Å². The molecule has 3 N–H and O–H groups in total. The van der Waals surface area contributed by atoms with Gasteiger partial charge < -0.3 is 5.32 Å². The molecule has 1 atom stereocenters. The summed E-state index contributed by atoms with van der Waals surface area (Å²) in [5.74, 6) is -0.275. The van der Waals surface area contributed by atoms with E-state index < -0.39 is 10.0 Å². The van der Waals surface area contributed by atoms with Gasteiger partial charge in [0.2, 0.25) is 10.0 Å². The number of hydrogen-bond acceptors (Lipinski definition) is 3. The zero-order valence-corrected chi connectivity index (χ0v) is 12.6. The Morgan fingerprint density at radius 3 is 2.29 bits per heavy atom. The minimum Gasteiger partial charge on any atom is -0.378 e. The monoisotopic (exact) mass is 308 g/mol. The molecule has 2 aromatic rings. The molecular weight excluding hydrogens is 291 g/mol. The van der Waals surface area contributed by atoms with E-state index in [1.807, 2.05) is 13.8 Å². The van der Waals surface area contributed by atoms with Gasteiger partial charge in [-0.05, 0) is 55.3 Å². The maximum absolute atomic E-state index is 13.1. The normalized spacial score (nSPS) is 13.0. The van der Waals surface area contributed by atoms with Gasteiger partial charge >= 0.3 is 0 Å². The molecule has 1 unspecified atom stereocenters. The van der Waals surface area contributed by atoms with E-state index in [9.17, 15) is 12.8 Å². The highest BCUT2D eigenvalue weighted by Crippen LogP contribution is 2.23. The third-order valence-electron chi connectivity index (χ3n) is 3.27. The van der Waals surface area contributed by atoms with Crippen LogP contribution in [0.3, 0.4) is 0 Å². The van der Waals surface area contributed by atoms with Gasteiger partial charge in [0.05, 0.1) is 4.90 Å². The Balaban J connectivity index is 2.18. The van der Waals surface area contributed by atoms with Gasteiger partial charge in [0, 0.05) is 11.7 Å². The molecule has 0 aliphatic carbocycles. The highest BCUT2D eigenvalue weighted by Gasteiger charge is 2.10. The van der Waals surface area contributed by atoms with Gasteiger partial charge in [-0.15, -0.1) is 0 Å². The van der Waals surface area contributed by atoms with E-state index in [2.05, 4.69) is 5.32 Å². The number of sulfonamides is 1. The summed E-state index contributed by atoms with van der Waals surface area (Å²) in [4.78, 5) is 0.0800. The van der Waals surface area contributed by atoms with Crippen LogP contribution in [-0.4, -0.2) is 8.42 Å². The van der Waals surface area contributed by atoms with Crippen LogP contribution < -0.4 is 10.5 Å². The van der Waals surface area contributed by atoms with Crippen molar-refractivity contribution in [1.82, 2.24) is 0 Å². The average Bonchev–Trinajstić information content (AvgIpc) is 2.41. The van der Waals surface area contributed by atoms with Crippen molar-refractivity contribution in [2.24, 2.45) is 5.14 Å². The molecule has 4 nitrogen and oxygen atoms in total. The van der Waals surface area contributed by atoms with Crippen LogP contribution in [0, 0.1) is 12.7 Å². The van der Waals surface area contributed by atoms with Crippen molar-refractivity contribution in [2.75, 3.05) is 5.32 Å². The van der Waals surface area contributed by atoms with E-state index in [4.69, 9.17) is 5.14 Å². The van der Waals surface area contributed by atoms with Crippen molar-refractivity contribution < 1.29 is 12.8 Å². The number of rotatable bonds is 4. The Kier molecular flexibility index (Phi) is 4.29. The van der Waals surface area contributed by atoms with E-state index in [-0.39, 0.29) is 16.8 Å². The smallest absolute Gasteiger partial charge is 0.238 e. The van der Waals surface area contributed by atoms with E-state index >= 15 is 0 Å². The van der Waals surface area contributed by atoms with Gasteiger partial charge in [-0.25, -0.2) is 17.9 Å². The van der Waals surface area contributed by atoms with Crippen molar-refractivity contribution in [3.05, 3.63) is 59.4 Å². The summed E-state index contributed by atoms with van der Waals surface area (Å²) >= 11 is 0. The average molecular weight is 308 g/mol. The number of nitrogens with two attached hydrogens (primary N) is 1. The van der Waals surface area contributed by atoms with Crippen LogP contribution in [0.2, 0.25) is 0 Å². The van der Waals surface area contributed by atoms with Crippen LogP contribution in [0.15, 0.2) is 47.4 Å². The first kappa shape index (κ1) is 15.5. The Labute approximate surface area is 123 Å². The minimum absolute atomic E-state index is 0.0521. The second kappa shape index (κ2) is 5.83. The summed E-state index contributed by atoms with van der Waals surface area (Å²) in [5, 5.41) is 8.33. The molecule has 0 amide bonds. The molecular formula is C15H17FN2O2S. The Morgan fingerprint density at radius 2 is 1.76 bits per heavy atom. The van der Waals surface area contributed by atoms with Crippen molar-refractivity contribution in [1.29, 1.82) is 0 Å². The number of halogens is 1. The fourth-order valence-corrected chi connectivity index (χ4v) is 2.57. The summed E-state index contributed by atoms with van der Waals surface area (Å²) < 4.78 is 35.5. The minimum atomic E-state index is -3.68. The SMILES string of the molecule is Cc1cc(F)ccc1NC(C)c1ccc(S(N)(=O)=O)cc1. The molecule has 2 rings (SSSR count). The molecule has 0 bridgehead atoms. The molecule has 0 aliphatic heterocycles. The number of primary sulfonamides is 1. The van der Waals surface area contributed by atoms with Crippen LogP contribution in [0.25, 0.3) is 0 Å². The van der Waals surface area contributed by atoms with Crippen LogP contribution in [-0.2, 0) is 10.0 Å². The zero-order chi connectivity index (χ0) is 15.6. The van der Waals surface area contributed by atoms with Crippen LogP contribution in [0.5, 0.6) is 0 Å². The maximum Gasteiger partial charge on any atom is 0.238 e. The predicted octanol–water partition coefficient (Wildman–Crippen LogP) is 2.95. The summed E-state index contributed by atoms with van der Waals surface area (Å²) in [7, 11) is -3.68. The third-order valence-corrected chi connectivity index (χ3v) is 4.20.